The highest BCUT2D eigenvalue weighted by atomic mass is 35.5. The predicted molar refractivity (Wildman–Crippen MR) is 80.9 cm³/mol. The number of nitrogens with zero attached hydrogens (tertiary/aromatic N) is 3. The van der Waals surface area contributed by atoms with Crippen LogP contribution in [0.1, 0.15) is 30.6 Å². The lowest BCUT2D eigenvalue weighted by atomic mass is 10.2. The number of halogens is 1. The maximum absolute atomic E-state index is 12.5. The highest BCUT2D eigenvalue weighted by Gasteiger charge is 2.29. The van der Waals surface area contributed by atoms with Crippen LogP contribution in [-0.4, -0.2) is 52.9 Å². The maximum atomic E-state index is 12.5. The van der Waals surface area contributed by atoms with Gasteiger partial charge in [-0.3, -0.25) is 9.69 Å². The van der Waals surface area contributed by atoms with Gasteiger partial charge in [0, 0.05) is 24.7 Å². The van der Waals surface area contributed by atoms with E-state index in [-0.39, 0.29) is 16.9 Å². The van der Waals surface area contributed by atoms with Crippen molar-refractivity contribution in [2.45, 2.75) is 26.3 Å². The Morgan fingerprint density at radius 2 is 2.20 bits per heavy atom. The van der Waals surface area contributed by atoms with Crippen LogP contribution in [0.3, 0.4) is 0 Å². The number of anilines is 1. The molecule has 0 bridgehead atoms. The van der Waals surface area contributed by atoms with Crippen molar-refractivity contribution in [2.75, 3.05) is 31.9 Å². The smallest absolute Gasteiger partial charge is 0.254 e. The summed E-state index contributed by atoms with van der Waals surface area (Å²) in [6.07, 6.45) is 1.02. The Morgan fingerprint density at radius 1 is 1.50 bits per heavy atom. The summed E-state index contributed by atoms with van der Waals surface area (Å²) < 4.78 is 0. The first-order chi connectivity index (χ1) is 9.55. The van der Waals surface area contributed by atoms with Gasteiger partial charge in [-0.15, -0.1) is 0 Å². The van der Waals surface area contributed by atoms with Crippen LogP contribution in [-0.2, 0) is 0 Å². The molecule has 1 saturated heterocycles. The van der Waals surface area contributed by atoms with Crippen molar-refractivity contribution in [1.82, 2.24) is 14.8 Å². The van der Waals surface area contributed by atoms with Crippen LogP contribution in [0.4, 0.5) is 5.82 Å². The van der Waals surface area contributed by atoms with Crippen molar-refractivity contribution in [1.29, 1.82) is 0 Å². The van der Waals surface area contributed by atoms with E-state index in [1.165, 1.54) is 0 Å². The molecule has 1 aliphatic rings. The van der Waals surface area contributed by atoms with Gasteiger partial charge >= 0.3 is 0 Å². The summed E-state index contributed by atoms with van der Waals surface area (Å²) in [5.74, 6) is 0.260. The number of hydrogen-bond acceptors (Lipinski definition) is 4. The summed E-state index contributed by atoms with van der Waals surface area (Å²) >= 11 is 5.85. The molecule has 20 heavy (non-hydrogen) atoms. The van der Waals surface area contributed by atoms with E-state index in [1.54, 1.807) is 12.1 Å². The number of amides is 1. The number of likely N-dealkylation sites (tertiary alicyclic amines) is 1. The van der Waals surface area contributed by atoms with E-state index >= 15 is 0 Å². The fourth-order valence-corrected chi connectivity index (χ4v) is 3.00. The molecule has 6 heteroatoms. The summed E-state index contributed by atoms with van der Waals surface area (Å²) in [4.78, 5) is 20.6. The average molecular weight is 297 g/mol. The molecule has 110 valence electrons. The molecule has 0 aliphatic carbocycles. The van der Waals surface area contributed by atoms with Crippen molar-refractivity contribution in [2.24, 2.45) is 0 Å². The molecule has 0 radical (unpaired) electrons. The van der Waals surface area contributed by atoms with Gasteiger partial charge < -0.3 is 10.6 Å². The molecular formula is C14H21ClN4O. The van der Waals surface area contributed by atoms with E-state index in [4.69, 9.17) is 17.3 Å². The molecule has 2 heterocycles. The Morgan fingerprint density at radius 3 is 2.80 bits per heavy atom. The molecule has 1 aromatic rings. The number of nitrogen functional groups attached to an aromatic ring is 1. The number of aromatic nitrogens is 1. The molecule has 0 saturated carbocycles. The molecule has 1 fully saturated rings. The molecule has 1 aliphatic heterocycles. The van der Waals surface area contributed by atoms with Crippen molar-refractivity contribution in [3.63, 3.8) is 0 Å². The Balaban J connectivity index is 2.07. The fraction of sp³-hybridized carbons (Fsp3) is 0.571. The highest BCUT2D eigenvalue weighted by Crippen LogP contribution is 2.20. The van der Waals surface area contributed by atoms with Gasteiger partial charge in [-0.2, -0.15) is 0 Å². The first-order valence-electron chi connectivity index (χ1n) is 7.01. The number of carbonyl (C=O) groups is 1. The Hall–Kier alpha value is -1.33. The van der Waals surface area contributed by atoms with Gasteiger partial charge in [0.2, 0.25) is 0 Å². The molecular weight excluding hydrogens is 276 g/mol. The van der Waals surface area contributed by atoms with Gasteiger partial charge in [0.1, 0.15) is 11.0 Å². The van der Waals surface area contributed by atoms with Gasteiger partial charge in [-0.05, 0) is 31.6 Å². The second kappa shape index (κ2) is 6.41. The third-order valence-electron chi connectivity index (χ3n) is 3.84. The molecule has 1 amide bonds. The number of nitrogens with two attached hydrogens (primary N) is 1. The lowest BCUT2D eigenvalue weighted by Gasteiger charge is -2.26. The lowest BCUT2D eigenvalue weighted by Crippen LogP contribution is -2.38. The highest BCUT2D eigenvalue weighted by molar-refractivity contribution is 6.29. The second-order valence-corrected chi connectivity index (χ2v) is 5.41. The topological polar surface area (TPSA) is 62.5 Å². The van der Waals surface area contributed by atoms with E-state index in [1.807, 2.05) is 4.90 Å². The Labute approximate surface area is 124 Å². The largest absolute Gasteiger partial charge is 0.384 e. The van der Waals surface area contributed by atoms with Crippen LogP contribution in [0.5, 0.6) is 0 Å². The zero-order chi connectivity index (χ0) is 14.7. The molecule has 2 rings (SSSR count). The summed E-state index contributed by atoms with van der Waals surface area (Å²) in [7, 11) is 0. The normalized spacial score (nSPS) is 18.8. The summed E-state index contributed by atoms with van der Waals surface area (Å²) in [6, 6.07) is 3.60. The van der Waals surface area contributed by atoms with E-state index in [2.05, 4.69) is 23.7 Å². The second-order valence-electron chi connectivity index (χ2n) is 5.02. The minimum atomic E-state index is -0.0179. The molecule has 1 unspecified atom stereocenters. The zero-order valence-electron chi connectivity index (χ0n) is 12.0. The first-order valence-corrected chi connectivity index (χ1v) is 7.39. The van der Waals surface area contributed by atoms with E-state index < -0.39 is 0 Å². The average Bonchev–Trinajstić information content (AvgIpc) is 2.88. The van der Waals surface area contributed by atoms with Crippen LogP contribution in [0.2, 0.25) is 5.15 Å². The summed E-state index contributed by atoms with van der Waals surface area (Å²) in [5.41, 5.74) is 6.16. The van der Waals surface area contributed by atoms with Crippen LogP contribution in [0.15, 0.2) is 12.1 Å². The van der Waals surface area contributed by atoms with Gasteiger partial charge in [-0.1, -0.05) is 25.4 Å². The lowest BCUT2D eigenvalue weighted by molar-refractivity contribution is 0.0778. The zero-order valence-corrected chi connectivity index (χ0v) is 12.7. The Bertz CT molecular complexity index is 470. The molecule has 5 nitrogen and oxygen atoms in total. The molecule has 1 aromatic heterocycles. The van der Waals surface area contributed by atoms with E-state index in [0.717, 1.165) is 32.6 Å². The number of hydrogen-bond donors (Lipinski definition) is 1. The number of likely N-dealkylation sites (N-methyl/N-ethyl adjacent to an activating group) is 1. The summed E-state index contributed by atoms with van der Waals surface area (Å²) in [5, 5.41) is 0.257. The van der Waals surface area contributed by atoms with E-state index in [9.17, 15) is 4.79 Å². The number of rotatable bonds is 4. The fourth-order valence-electron chi connectivity index (χ4n) is 2.79. The Kier molecular flexibility index (Phi) is 4.83. The molecule has 0 aromatic carbocycles. The van der Waals surface area contributed by atoms with Gasteiger partial charge in [0.15, 0.2) is 0 Å². The minimum Gasteiger partial charge on any atom is -0.384 e. The van der Waals surface area contributed by atoms with Crippen LogP contribution in [0, 0.1) is 0 Å². The predicted octanol–water partition coefficient (Wildman–Crippen LogP) is 1.87. The van der Waals surface area contributed by atoms with Crippen molar-refractivity contribution in [3.8, 4) is 0 Å². The monoisotopic (exact) mass is 296 g/mol. The number of carbonyl (C=O) groups excluding carboxylic acids is 1. The van der Waals surface area contributed by atoms with Gasteiger partial charge in [0.05, 0.1) is 0 Å². The standard InChI is InChI=1S/C14H21ClN4O/c1-3-18(4-2)11-5-6-19(9-11)14(20)10-7-12(15)17-13(16)8-10/h7-8,11H,3-6,9H2,1-2H3,(H2,16,17). The van der Waals surface area contributed by atoms with Gasteiger partial charge in [0.25, 0.3) is 5.91 Å². The third kappa shape index (κ3) is 3.22. The summed E-state index contributed by atoms with van der Waals surface area (Å²) in [6.45, 7) is 7.86. The van der Waals surface area contributed by atoms with Crippen molar-refractivity contribution < 1.29 is 4.79 Å². The van der Waals surface area contributed by atoms with Gasteiger partial charge in [-0.25, -0.2) is 4.98 Å². The van der Waals surface area contributed by atoms with Crippen LogP contribution in [0.25, 0.3) is 0 Å². The maximum Gasteiger partial charge on any atom is 0.254 e. The molecule has 1 atom stereocenters. The minimum absolute atomic E-state index is 0.0179. The number of pyridine rings is 1. The SMILES string of the molecule is CCN(CC)C1CCN(C(=O)c2cc(N)nc(Cl)c2)C1. The van der Waals surface area contributed by atoms with Crippen molar-refractivity contribution in [3.05, 3.63) is 22.8 Å². The van der Waals surface area contributed by atoms with Crippen molar-refractivity contribution >= 4 is 23.3 Å². The first kappa shape index (κ1) is 15.1. The van der Waals surface area contributed by atoms with Crippen LogP contribution < -0.4 is 5.73 Å². The molecule has 2 N–H and O–H groups in total. The van der Waals surface area contributed by atoms with E-state index in [0.29, 0.717) is 11.6 Å². The van der Waals surface area contributed by atoms with Crippen LogP contribution >= 0.6 is 11.6 Å². The third-order valence-corrected chi connectivity index (χ3v) is 4.03. The molecule has 0 spiro atoms. The quantitative estimate of drug-likeness (QED) is 0.862.